The van der Waals surface area contributed by atoms with Gasteiger partial charge in [0.25, 0.3) is 5.91 Å². The van der Waals surface area contributed by atoms with Crippen LogP contribution < -0.4 is 15.4 Å². The number of halogens is 1. The highest BCUT2D eigenvalue weighted by Crippen LogP contribution is 2.45. The molecule has 1 aromatic carbocycles. The number of aromatic nitrogens is 2. The van der Waals surface area contributed by atoms with Crippen LogP contribution in [-0.4, -0.2) is 76.5 Å². The van der Waals surface area contributed by atoms with Crippen molar-refractivity contribution >= 4 is 11.7 Å². The normalized spacial score (nSPS) is 22.9. The molecule has 1 amide bonds. The third-order valence-electron chi connectivity index (χ3n) is 9.07. The number of carbonyl (C=O) groups is 1. The van der Waals surface area contributed by atoms with Gasteiger partial charge in [0.1, 0.15) is 17.9 Å². The summed E-state index contributed by atoms with van der Waals surface area (Å²) in [6.07, 6.45) is 10.4. The quantitative estimate of drug-likeness (QED) is 0.488. The number of likely N-dealkylation sites (tertiary alicyclic amines) is 1. The predicted octanol–water partition coefficient (Wildman–Crippen LogP) is 5.09. The van der Waals surface area contributed by atoms with Crippen molar-refractivity contribution in [2.45, 2.75) is 84.3 Å². The Kier molecular flexibility index (Phi) is 8.61. The predicted molar refractivity (Wildman–Crippen MR) is 155 cm³/mol. The zero-order chi connectivity index (χ0) is 28.4. The second kappa shape index (κ2) is 12.0. The summed E-state index contributed by atoms with van der Waals surface area (Å²) in [6, 6.07) is 4.42. The van der Waals surface area contributed by atoms with Crippen LogP contribution in [0.25, 0.3) is 0 Å². The van der Waals surface area contributed by atoms with Crippen LogP contribution in [0.15, 0.2) is 30.7 Å². The highest BCUT2D eigenvalue weighted by Gasteiger charge is 2.46. The molecule has 2 aromatic rings. The molecule has 3 aliphatic rings. The lowest BCUT2D eigenvalue weighted by Gasteiger charge is -2.54. The van der Waals surface area contributed by atoms with Gasteiger partial charge < -0.3 is 25.2 Å². The Bertz CT molecular complexity index is 1160. The molecule has 1 aliphatic carbocycles. The van der Waals surface area contributed by atoms with Crippen LogP contribution in [0.3, 0.4) is 0 Å². The Morgan fingerprint density at radius 2 is 1.77 bits per heavy atom. The minimum Gasteiger partial charge on any atom is -0.451 e. The van der Waals surface area contributed by atoms with Crippen LogP contribution in [0.1, 0.15) is 76.6 Å². The van der Waals surface area contributed by atoms with Crippen molar-refractivity contribution in [3.05, 3.63) is 42.1 Å². The lowest BCUT2D eigenvalue weighted by atomic mass is 9.71. The number of rotatable bonds is 8. The number of ether oxygens (including phenoxy) is 1. The second-order valence-corrected chi connectivity index (χ2v) is 12.8. The Labute approximate surface area is 238 Å². The standard InChI is InChI=1S/C31H45FN6O2/c1-21(2)38(22(3)4)30(39)26-15-24(32)7-10-27(26)40-28-16-34-20-35-29(28)37-18-31(19-37)11-13-36(14-12-31)17-23-5-8-25(33)9-6-23/h7,10,15-16,20-23,25H,5-6,8-9,11-14,17-19,33H2,1-4H3. The maximum atomic E-state index is 14.3. The summed E-state index contributed by atoms with van der Waals surface area (Å²) in [6.45, 7) is 13.2. The first kappa shape index (κ1) is 28.7. The first-order valence-corrected chi connectivity index (χ1v) is 15.0. The van der Waals surface area contributed by atoms with Gasteiger partial charge in [-0.3, -0.25) is 4.79 Å². The van der Waals surface area contributed by atoms with Gasteiger partial charge in [-0.1, -0.05) is 0 Å². The van der Waals surface area contributed by atoms with Gasteiger partial charge in [-0.2, -0.15) is 0 Å². The number of nitrogens with two attached hydrogens (primary N) is 1. The summed E-state index contributed by atoms with van der Waals surface area (Å²) in [5.41, 5.74) is 6.60. The van der Waals surface area contributed by atoms with Gasteiger partial charge >= 0.3 is 0 Å². The molecule has 0 unspecified atom stereocenters. The summed E-state index contributed by atoms with van der Waals surface area (Å²) in [5.74, 6) is 1.56. The van der Waals surface area contributed by atoms with Crippen molar-refractivity contribution in [3.8, 4) is 11.5 Å². The van der Waals surface area contributed by atoms with Gasteiger partial charge in [0.2, 0.25) is 0 Å². The fourth-order valence-corrected chi connectivity index (χ4v) is 6.88. The molecule has 2 N–H and O–H groups in total. The van der Waals surface area contributed by atoms with Crippen LogP contribution in [0, 0.1) is 17.2 Å². The summed E-state index contributed by atoms with van der Waals surface area (Å²) in [5, 5.41) is 0. The zero-order valence-electron chi connectivity index (χ0n) is 24.5. The number of carbonyl (C=O) groups excluding carboxylic acids is 1. The summed E-state index contributed by atoms with van der Waals surface area (Å²) in [4.78, 5) is 28.9. The van der Waals surface area contributed by atoms with E-state index < -0.39 is 5.82 Å². The molecule has 5 rings (SSSR count). The molecular formula is C31H45FN6O2. The van der Waals surface area contributed by atoms with E-state index in [1.165, 1.54) is 69.6 Å². The van der Waals surface area contributed by atoms with Crippen LogP contribution in [0.4, 0.5) is 10.2 Å². The molecule has 3 heterocycles. The fourth-order valence-electron chi connectivity index (χ4n) is 6.88. The summed E-state index contributed by atoms with van der Waals surface area (Å²) in [7, 11) is 0. The molecule has 2 saturated heterocycles. The topological polar surface area (TPSA) is 87.8 Å². The Hall–Kier alpha value is -2.78. The minimum atomic E-state index is -0.476. The number of piperidine rings is 1. The number of amides is 1. The molecular weight excluding hydrogens is 507 g/mol. The lowest BCUT2D eigenvalue weighted by molar-refractivity contribution is 0.0620. The van der Waals surface area contributed by atoms with Gasteiger partial charge in [-0.15, -0.1) is 0 Å². The first-order valence-electron chi connectivity index (χ1n) is 15.0. The smallest absolute Gasteiger partial charge is 0.258 e. The average Bonchev–Trinajstić information content (AvgIpc) is 2.90. The van der Waals surface area contributed by atoms with Gasteiger partial charge in [0.15, 0.2) is 11.6 Å². The van der Waals surface area contributed by atoms with Crippen LogP contribution >= 0.6 is 0 Å². The third kappa shape index (κ3) is 6.25. The summed E-state index contributed by atoms with van der Waals surface area (Å²) >= 11 is 0. The van der Waals surface area contributed by atoms with Gasteiger partial charge in [0, 0.05) is 43.2 Å². The second-order valence-electron chi connectivity index (χ2n) is 12.8. The highest BCUT2D eigenvalue weighted by molar-refractivity contribution is 5.97. The molecule has 1 aromatic heterocycles. The van der Waals surface area contributed by atoms with Gasteiger partial charge in [-0.25, -0.2) is 14.4 Å². The van der Waals surface area contributed by atoms with E-state index in [2.05, 4.69) is 19.8 Å². The average molecular weight is 553 g/mol. The number of nitrogens with zero attached hydrogens (tertiary/aromatic N) is 5. The molecule has 0 bridgehead atoms. The van der Waals surface area contributed by atoms with Crippen molar-refractivity contribution < 1.29 is 13.9 Å². The summed E-state index contributed by atoms with van der Waals surface area (Å²) < 4.78 is 20.6. The molecule has 1 spiro atoms. The van der Waals surface area contributed by atoms with E-state index in [0.29, 0.717) is 28.8 Å². The van der Waals surface area contributed by atoms with E-state index in [9.17, 15) is 9.18 Å². The number of hydrogen-bond donors (Lipinski definition) is 1. The SMILES string of the molecule is CC(C)N(C(=O)c1cc(F)ccc1Oc1cncnc1N1CC2(CCN(CC3CCC(N)CC3)CC2)C1)C(C)C. The molecule has 9 heteroatoms. The largest absolute Gasteiger partial charge is 0.451 e. The Morgan fingerprint density at radius 1 is 1.10 bits per heavy atom. The molecule has 40 heavy (non-hydrogen) atoms. The van der Waals surface area contributed by atoms with Crippen LogP contribution in [-0.2, 0) is 0 Å². The third-order valence-corrected chi connectivity index (χ3v) is 9.07. The van der Waals surface area contributed by atoms with Gasteiger partial charge in [0.05, 0.1) is 11.8 Å². The maximum absolute atomic E-state index is 14.3. The first-order chi connectivity index (χ1) is 19.1. The molecule has 8 nitrogen and oxygen atoms in total. The van der Waals surface area contributed by atoms with Crippen molar-refractivity contribution in [1.82, 2.24) is 19.8 Å². The van der Waals surface area contributed by atoms with Crippen molar-refractivity contribution in [2.24, 2.45) is 17.1 Å². The minimum absolute atomic E-state index is 0.0381. The molecule has 3 fully saturated rings. The van der Waals surface area contributed by atoms with Crippen molar-refractivity contribution in [2.75, 3.05) is 37.6 Å². The van der Waals surface area contributed by atoms with Crippen LogP contribution in [0.5, 0.6) is 11.5 Å². The van der Waals surface area contributed by atoms with E-state index in [1.54, 1.807) is 11.1 Å². The van der Waals surface area contributed by atoms with Gasteiger partial charge in [-0.05, 0) is 103 Å². The van der Waals surface area contributed by atoms with E-state index >= 15 is 0 Å². The zero-order valence-corrected chi connectivity index (χ0v) is 24.5. The van der Waals surface area contributed by atoms with Crippen molar-refractivity contribution in [1.29, 1.82) is 0 Å². The van der Waals surface area contributed by atoms with E-state index in [-0.39, 0.29) is 23.6 Å². The highest BCUT2D eigenvalue weighted by atomic mass is 19.1. The molecule has 0 radical (unpaired) electrons. The van der Waals surface area contributed by atoms with E-state index in [1.807, 2.05) is 27.7 Å². The molecule has 0 atom stereocenters. The van der Waals surface area contributed by atoms with Crippen LogP contribution in [0.2, 0.25) is 0 Å². The molecule has 1 saturated carbocycles. The Balaban J connectivity index is 1.24. The van der Waals surface area contributed by atoms with E-state index in [0.717, 1.165) is 32.1 Å². The fraction of sp³-hybridized carbons (Fsp3) is 0.645. The monoisotopic (exact) mass is 552 g/mol. The van der Waals surface area contributed by atoms with E-state index in [4.69, 9.17) is 10.5 Å². The van der Waals surface area contributed by atoms with Crippen molar-refractivity contribution in [3.63, 3.8) is 0 Å². The Morgan fingerprint density at radius 3 is 2.42 bits per heavy atom. The number of benzene rings is 1. The number of anilines is 1. The molecule has 2 aliphatic heterocycles. The lowest BCUT2D eigenvalue weighted by Crippen LogP contribution is -2.61. The maximum Gasteiger partial charge on any atom is 0.258 e. The number of hydrogen-bond acceptors (Lipinski definition) is 7. The molecule has 218 valence electrons.